The van der Waals surface area contributed by atoms with Gasteiger partial charge in [0.25, 0.3) is 5.91 Å². The summed E-state index contributed by atoms with van der Waals surface area (Å²) in [6, 6.07) is 8.37. The third kappa shape index (κ3) is 4.94. The van der Waals surface area contributed by atoms with Crippen LogP contribution >= 0.6 is 22.6 Å². The molecule has 0 saturated heterocycles. The summed E-state index contributed by atoms with van der Waals surface area (Å²) in [5.74, 6) is -1.04. The smallest absolute Gasteiger partial charge is 0.349 e. The summed E-state index contributed by atoms with van der Waals surface area (Å²) in [6.45, 7) is 4.30. The van der Waals surface area contributed by atoms with Crippen molar-refractivity contribution in [1.82, 2.24) is 30.6 Å². The first-order valence-corrected chi connectivity index (χ1v) is 11.0. The van der Waals surface area contributed by atoms with Crippen LogP contribution in [-0.2, 0) is 6.54 Å². The molecule has 2 N–H and O–H groups in total. The number of aromatic nitrogens is 4. The fourth-order valence-electron chi connectivity index (χ4n) is 3.12. The van der Waals surface area contributed by atoms with Crippen molar-refractivity contribution in [3.8, 4) is 0 Å². The average molecular weight is 562 g/mol. The summed E-state index contributed by atoms with van der Waals surface area (Å²) in [6.07, 6.45) is 0. The van der Waals surface area contributed by atoms with E-state index in [1.807, 2.05) is 13.8 Å². The largest absolute Gasteiger partial charge is 0.422 e. The van der Waals surface area contributed by atoms with Gasteiger partial charge in [-0.05, 0) is 48.6 Å². The van der Waals surface area contributed by atoms with Crippen LogP contribution in [-0.4, -0.2) is 44.8 Å². The van der Waals surface area contributed by atoms with Crippen molar-refractivity contribution in [2.24, 2.45) is 0 Å². The topological polar surface area (TPSA) is 145 Å². The fraction of sp³-hybridized carbons (Fsp3) is 0.238. The van der Waals surface area contributed by atoms with Gasteiger partial charge in [-0.2, -0.15) is 10.1 Å². The zero-order chi connectivity index (χ0) is 23.5. The first-order valence-electron chi connectivity index (χ1n) is 9.95. The van der Waals surface area contributed by atoms with Crippen molar-refractivity contribution >= 4 is 45.4 Å². The molecule has 3 heterocycles. The number of para-hydroxylation sites is 1. The van der Waals surface area contributed by atoms with Gasteiger partial charge in [-0.25, -0.2) is 4.79 Å². The predicted octanol–water partition coefficient (Wildman–Crippen LogP) is 1.80. The van der Waals surface area contributed by atoms with E-state index < -0.39 is 17.4 Å². The molecule has 0 aliphatic rings. The molecule has 0 spiro atoms. The molecule has 4 rings (SSSR count). The van der Waals surface area contributed by atoms with Crippen LogP contribution in [0.3, 0.4) is 0 Å². The van der Waals surface area contributed by atoms with E-state index in [2.05, 4.69) is 48.5 Å². The molecule has 0 atom stereocenters. The van der Waals surface area contributed by atoms with Gasteiger partial charge in [0.2, 0.25) is 0 Å². The molecule has 11 nitrogen and oxygen atoms in total. The molecule has 12 heteroatoms. The molecule has 3 aromatic heterocycles. The van der Waals surface area contributed by atoms with E-state index in [1.165, 1.54) is 6.07 Å². The number of hydrogen-bond donors (Lipinski definition) is 2. The second-order valence-electron chi connectivity index (χ2n) is 7.16. The maximum absolute atomic E-state index is 12.3. The summed E-state index contributed by atoms with van der Waals surface area (Å²) in [7, 11) is 0. The Morgan fingerprint density at radius 3 is 2.58 bits per heavy atom. The highest BCUT2D eigenvalue weighted by molar-refractivity contribution is 14.1. The minimum atomic E-state index is -0.731. The summed E-state index contributed by atoms with van der Waals surface area (Å²) in [5.41, 5.74) is 1.43. The number of aryl methyl sites for hydroxylation is 1. The van der Waals surface area contributed by atoms with Gasteiger partial charge in [0, 0.05) is 24.2 Å². The average Bonchev–Trinajstić information content (AvgIpc) is 3.36. The summed E-state index contributed by atoms with van der Waals surface area (Å²) in [4.78, 5) is 40.7. The van der Waals surface area contributed by atoms with Crippen molar-refractivity contribution in [2.45, 2.75) is 20.4 Å². The lowest BCUT2D eigenvalue weighted by Crippen LogP contribution is -2.36. The van der Waals surface area contributed by atoms with E-state index in [0.717, 1.165) is 15.0 Å². The normalized spacial score (nSPS) is 11.0. The Balaban J connectivity index is 1.29. The van der Waals surface area contributed by atoms with E-state index in [9.17, 15) is 14.4 Å². The maximum atomic E-state index is 12.3. The van der Waals surface area contributed by atoms with Crippen LogP contribution in [0.5, 0.6) is 0 Å². The van der Waals surface area contributed by atoms with Gasteiger partial charge < -0.3 is 19.6 Å². The van der Waals surface area contributed by atoms with Crippen LogP contribution in [0.4, 0.5) is 0 Å². The van der Waals surface area contributed by atoms with Gasteiger partial charge in [0.15, 0.2) is 5.82 Å². The molecule has 0 aliphatic heterocycles. The van der Waals surface area contributed by atoms with Crippen molar-refractivity contribution < 1.29 is 18.5 Å². The molecule has 0 aliphatic carbocycles. The van der Waals surface area contributed by atoms with Crippen LogP contribution in [0.15, 0.2) is 44.1 Å². The van der Waals surface area contributed by atoms with Crippen LogP contribution in [0.1, 0.15) is 38.3 Å². The second-order valence-corrected chi connectivity index (χ2v) is 8.23. The molecule has 33 heavy (non-hydrogen) atoms. The second kappa shape index (κ2) is 9.52. The minimum absolute atomic E-state index is 0.0853. The number of carbonyl (C=O) groups excluding carboxylic acids is 2. The van der Waals surface area contributed by atoms with Crippen molar-refractivity contribution in [2.75, 3.05) is 13.1 Å². The Labute approximate surface area is 200 Å². The lowest BCUT2D eigenvalue weighted by Gasteiger charge is -2.05. The Kier molecular flexibility index (Phi) is 6.53. The van der Waals surface area contributed by atoms with Gasteiger partial charge in [0.1, 0.15) is 17.7 Å². The standard InChI is InChI=1S/C21H19IN6O5/c1-11-17(22)12(2)28(26-11)10-16-25-20(33-27-16)19(30)24-8-7-23-18(29)14-9-13-5-3-4-6-15(13)32-21(14)31/h3-6,9H,7-8,10H2,1-2H3,(H,23,29)(H,24,30). The van der Waals surface area contributed by atoms with Crippen molar-refractivity contribution in [1.29, 1.82) is 0 Å². The first kappa shape index (κ1) is 22.6. The van der Waals surface area contributed by atoms with Crippen molar-refractivity contribution in [3.63, 3.8) is 0 Å². The zero-order valence-electron chi connectivity index (χ0n) is 17.7. The van der Waals surface area contributed by atoms with Crippen LogP contribution in [0.25, 0.3) is 11.0 Å². The third-order valence-corrected chi connectivity index (χ3v) is 6.39. The number of benzene rings is 1. The monoisotopic (exact) mass is 562 g/mol. The van der Waals surface area contributed by atoms with Gasteiger partial charge in [-0.3, -0.25) is 14.3 Å². The predicted molar refractivity (Wildman–Crippen MR) is 125 cm³/mol. The van der Waals surface area contributed by atoms with Gasteiger partial charge in [0.05, 0.1) is 9.26 Å². The Morgan fingerprint density at radius 1 is 1.12 bits per heavy atom. The van der Waals surface area contributed by atoms with E-state index in [4.69, 9.17) is 8.94 Å². The number of nitrogens with one attached hydrogen (secondary N) is 2. The van der Waals surface area contributed by atoms with Gasteiger partial charge >= 0.3 is 17.4 Å². The fourth-order valence-corrected chi connectivity index (χ4v) is 3.50. The molecule has 2 amide bonds. The zero-order valence-corrected chi connectivity index (χ0v) is 19.9. The lowest BCUT2D eigenvalue weighted by molar-refractivity contribution is 0.0897. The molecule has 0 radical (unpaired) electrons. The number of nitrogens with zero attached hydrogens (tertiary/aromatic N) is 4. The van der Waals surface area contributed by atoms with Crippen LogP contribution in [0, 0.1) is 17.4 Å². The lowest BCUT2D eigenvalue weighted by atomic mass is 10.2. The molecule has 0 unspecified atom stereocenters. The SMILES string of the molecule is Cc1nn(Cc2noc(C(=O)NCCNC(=O)c3cc4ccccc4oc3=O)n2)c(C)c1I. The van der Waals surface area contributed by atoms with E-state index >= 15 is 0 Å². The number of fused-ring (bicyclic) bond motifs is 1. The number of amides is 2. The molecule has 0 saturated carbocycles. The highest BCUT2D eigenvalue weighted by atomic mass is 127. The maximum Gasteiger partial charge on any atom is 0.349 e. The molecular formula is C21H19IN6O5. The molecular weight excluding hydrogens is 543 g/mol. The van der Waals surface area contributed by atoms with Crippen molar-refractivity contribution in [3.05, 3.63) is 73.0 Å². The Bertz CT molecular complexity index is 1410. The highest BCUT2D eigenvalue weighted by Gasteiger charge is 2.18. The van der Waals surface area contributed by atoms with Gasteiger partial charge in [-0.15, -0.1) is 0 Å². The Hall–Kier alpha value is -3.55. The molecule has 4 aromatic rings. The van der Waals surface area contributed by atoms with Crippen LogP contribution < -0.4 is 16.3 Å². The quantitative estimate of drug-likeness (QED) is 0.197. The summed E-state index contributed by atoms with van der Waals surface area (Å²) >= 11 is 2.22. The van der Waals surface area contributed by atoms with E-state index in [0.29, 0.717) is 16.8 Å². The highest BCUT2D eigenvalue weighted by Crippen LogP contribution is 2.16. The molecule has 170 valence electrons. The third-order valence-electron chi connectivity index (χ3n) is 4.83. The number of hydrogen-bond acceptors (Lipinski definition) is 8. The van der Waals surface area contributed by atoms with Crippen LogP contribution in [0.2, 0.25) is 0 Å². The molecule has 0 fully saturated rings. The summed E-state index contributed by atoms with van der Waals surface area (Å²) in [5, 5.41) is 14.0. The number of halogens is 1. The van der Waals surface area contributed by atoms with E-state index in [-0.39, 0.29) is 31.1 Å². The molecule has 0 bridgehead atoms. The molecule has 1 aromatic carbocycles. The number of carbonyl (C=O) groups is 2. The van der Waals surface area contributed by atoms with Gasteiger partial charge in [-0.1, -0.05) is 23.4 Å². The minimum Gasteiger partial charge on any atom is -0.422 e. The van der Waals surface area contributed by atoms with E-state index in [1.54, 1.807) is 28.9 Å². The number of rotatable bonds is 7. The first-order chi connectivity index (χ1) is 15.8. The Morgan fingerprint density at radius 2 is 1.85 bits per heavy atom. The summed E-state index contributed by atoms with van der Waals surface area (Å²) < 4.78 is 13.0.